The molecule has 1 N–H and O–H groups in total. The Morgan fingerprint density at radius 2 is 1.67 bits per heavy atom. The predicted octanol–water partition coefficient (Wildman–Crippen LogP) is 4.80. The maximum absolute atomic E-state index is 12.4. The summed E-state index contributed by atoms with van der Waals surface area (Å²) in [5.74, 6) is 0.00815. The number of carbonyl (C=O) groups is 2. The third-order valence-corrected chi connectivity index (χ3v) is 5.51. The number of nitrogens with one attached hydrogen (secondary N) is 1. The first-order valence-corrected chi connectivity index (χ1v) is 10.2. The summed E-state index contributed by atoms with van der Waals surface area (Å²) in [6.45, 7) is 2.46. The van der Waals surface area contributed by atoms with Gasteiger partial charge in [-0.2, -0.15) is 0 Å². The van der Waals surface area contributed by atoms with E-state index in [-0.39, 0.29) is 11.8 Å². The number of anilines is 2. The van der Waals surface area contributed by atoms with E-state index in [1.54, 1.807) is 47.4 Å². The van der Waals surface area contributed by atoms with Crippen LogP contribution in [-0.2, 0) is 0 Å². The first kappa shape index (κ1) is 20.3. The quantitative estimate of drug-likeness (QED) is 0.628. The lowest BCUT2D eigenvalue weighted by atomic mass is 10.2. The number of rotatable bonds is 4. The van der Waals surface area contributed by atoms with Crippen molar-refractivity contribution < 1.29 is 14.0 Å². The van der Waals surface area contributed by atoms with Crippen molar-refractivity contribution in [2.75, 3.05) is 36.4 Å². The molecular weight excluding hydrogens is 425 g/mol. The molecule has 154 valence electrons. The van der Waals surface area contributed by atoms with Crippen LogP contribution in [0, 0.1) is 0 Å². The summed E-state index contributed by atoms with van der Waals surface area (Å²) in [5, 5.41) is 3.95. The molecule has 0 spiro atoms. The fraction of sp³-hybridized carbons (Fsp3) is 0.182. The Bertz CT molecular complexity index is 1040. The Balaban J connectivity index is 1.38. The highest BCUT2D eigenvalue weighted by atomic mass is 35.5. The molecule has 4 rings (SSSR count). The Labute approximate surface area is 184 Å². The third-order valence-electron chi connectivity index (χ3n) is 4.95. The number of amides is 2. The molecule has 3 aromatic rings. The van der Waals surface area contributed by atoms with E-state index in [1.807, 2.05) is 12.1 Å². The van der Waals surface area contributed by atoms with E-state index in [0.717, 1.165) is 5.69 Å². The van der Waals surface area contributed by atoms with Gasteiger partial charge >= 0.3 is 0 Å². The predicted molar refractivity (Wildman–Crippen MR) is 118 cm³/mol. The van der Waals surface area contributed by atoms with Crippen molar-refractivity contribution in [3.05, 3.63) is 82.2 Å². The molecule has 8 heteroatoms. The number of hydrogen-bond acceptors (Lipinski definition) is 4. The SMILES string of the molecule is O=C(Nc1ccc(N2CCN(C(=O)c3ccco3)CC2)c(Cl)c1)c1ccc(Cl)cc1. The normalized spacial score (nSPS) is 13.9. The second kappa shape index (κ2) is 8.81. The molecule has 30 heavy (non-hydrogen) atoms. The van der Waals surface area contributed by atoms with E-state index < -0.39 is 0 Å². The van der Waals surface area contributed by atoms with Gasteiger partial charge in [0.25, 0.3) is 11.8 Å². The number of furan rings is 1. The van der Waals surface area contributed by atoms with Crippen LogP contribution in [0.15, 0.2) is 65.3 Å². The monoisotopic (exact) mass is 443 g/mol. The molecule has 1 aromatic heterocycles. The average Bonchev–Trinajstić information content (AvgIpc) is 3.29. The third kappa shape index (κ3) is 4.45. The Hall–Kier alpha value is -2.96. The van der Waals surface area contributed by atoms with Crippen LogP contribution in [0.3, 0.4) is 0 Å². The van der Waals surface area contributed by atoms with Crippen molar-refractivity contribution in [3.63, 3.8) is 0 Å². The van der Waals surface area contributed by atoms with Crippen molar-refractivity contribution in [1.29, 1.82) is 0 Å². The molecule has 2 amide bonds. The highest BCUT2D eigenvalue weighted by molar-refractivity contribution is 6.33. The summed E-state index contributed by atoms with van der Waals surface area (Å²) in [6.07, 6.45) is 1.50. The van der Waals surface area contributed by atoms with Gasteiger partial charge in [-0.15, -0.1) is 0 Å². The maximum atomic E-state index is 12.4. The molecule has 6 nitrogen and oxygen atoms in total. The molecule has 1 saturated heterocycles. The lowest BCUT2D eigenvalue weighted by Gasteiger charge is -2.36. The van der Waals surface area contributed by atoms with Crippen LogP contribution in [-0.4, -0.2) is 42.9 Å². The van der Waals surface area contributed by atoms with Crippen LogP contribution in [0.5, 0.6) is 0 Å². The zero-order chi connectivity index (χ0) is 21.1. The minimum Gasteiger partial charge on any atom is -0.459 e. The van der Waals surface area contributed by atoms with Gasteiger partial charge in [0.2, 0.25) is 0 Å². The van der Waals surface area contributed by atoms with Crippen LogP contribution in [0.1, 0.15) is 20.9 Å². The lowest BCUT2D eigenvalue weighted by Crippen LogP contribution is -2.48. The minimum absolute atomic E-state index is 0.106. The molecule has 0 bridgehead atoms. The van der Waals surface area contributed by atoms with Crippen LogP contribution < -0.4 is 10.2 Å². The molecular formula is C22H19Cl2N3O3. The summed E-state index contributed by atoms with van der Waals surface area (Å²) < 4.78 is 5.19. The van der Waals surface area contributed by atoms with E-state index in [4.69, 9.17) is 27.6 Å². The molecule has 0 radical (unpaired) electrons. The van der Waals surface area contributed by atoms with E-state index in [1.165, 1.54) is 6.26 Å². The standard InChI is InChI=1S/C22H19Cl2N3O3/c23-16-5-3-15(4-6-16)21(28)25-17-7-8-19(18(24)14-17)26-9-11-27(12-10-26)22(29)20-2-1-13-30-20/h1-8,13-14H,9-12H2,(H,25,28). The van der Waals surface area contributed by atoms with Crippen LogP contribution in [0.4, 0.5) is 11.4 Å². The van der Waals surface area contributed by atoms with Gasteiger partial charge in [-0.25, -0.2) is 0 Å². The zero-order valence-corrected chi connectivity index (χ0v) is 17.5. The van der Waals surface area contributed by atoms with Crippen molar-refractivity contribution >= 4 is 46.4 Å². The van der Waals surface area contributed by atoms with Gasteiger partial charge in [0.05, 0.1) is 17.0 Å². The molecule has 1 fully saturated rings. The van der Waals surface area contributed by atoms with Gasteiger partial charge in [0.1, 0.15) is 0 Å². The second-order valence-corrected chi connectivity index (χ2v) is 7.73. The largest absolute Gasteiger partial charge is 0.459 e. The molecule has 2 heterocycles. The molecule has 1 aliphatic heterocycles. The Morgan fingerprint density at radius 1 is 0.933 bits per heavy atom. The van der Waals surface area contributed by atoms with Crippen LogP contribution >= 0.6 is 23.2 Å². The summed E-state index contributed by atoms with van der Waals surface area (Å²) in [6, 6.07) is 15.5. The second-order valence-electron chi connectivity index (χ2n) is 6.88. The molecule has 1 aliphatic rings. The number of carbonyl (C=O) groups excluding carboxylic acids is 2. The van der Waals surface area contributed by atoms with E-state index >= 15 is 0 Å². The van der Waals surface area contributed by atoms with Gasteiger partial charge in [0.15, 0.2) is 5.76 Å². The maximum Gasteiger partial charge on any atom is 0.289 e. The van der Waals surface area contributed by atoms with Crippen molar-refractivity contribution in [3.8, 4) is 0 Å². The van der Waals surface area contributed by atoms with Crippen LogP contribution in [0.25, 0.3) is 0 Å². The topological polar surface area (TPSA) is 65.8 Å². The average molecular weight is 444 g/mol. The molecule has 0 unspecified atom stereocenters. The summed E-state index contributed by atoms with van der Waals surface area (Å²) >= 11 is 12.3. The molecule has 0 atom stereocenters. The molecule has 0 aliphatic carbocycles. The first-order valence-electron chi connectivity index (χ1n) is 9.45. The van der Waals surface area contributed by atoms with Gasteiger partial charge in [-0.1, -0.05) is 23.2 Å². The molecule has 0 saturated carbocycles. The summed E-state index contributed by atoms with van der Waals surface area (Å²) in [5.41, 5.74) is 1.98. The summed E-state index contributed by atoms with van der Waals surface area (Å²) in [4.78, 5) is 28.7. The molecule has 2 aromatic carbocycles. The number of benzene rings is 2. The van der Waals surface area contributed by atoms with Crippen molar-refractivity contribution in [1.82, 2.24) is 4.90 Å². The van der Waals surface area contributed by atoms with Crippen LogP contribution in [0.2, 0.25) is 10.0 Å². The number of hydrogen-bond donors (Lipinski definition) is 1. The Kier molecular flexibility index (Phi) is 5.97. The zero-order valence-electron chi connectivity index (χ0n) is 16.0. The fourth-order valence-electron chi connectivity index (χ4n) is 3.35. The van der Waals surface area contributed by atoms with Crippen molar-refractivity contribution in [2.45, 2.75) is 0 Å². The van der Waals surface area contributed by atoms with Gasteiger partial charge in [-0.05, 0) is 54.6 Å². The fourth-order valence-corrected chi connectivity index (χ4v) is 3.78. The van der Waals surface area contributed by atoms with E-state index in [9.17, 15) is 9.59 Å². The van der Waals surface area contributed by atoms with E-state index in [0.29, 0.717) is 53.2 Å². The lowest BCUT2D eigenvalue weighted by molar-refractivity contribution is 0.0714. The number of halogens is 2. The van der Waals surface area contributed by atoms with Crippen molar-refractivity contribution in [2.24, 2.45) is 0 Å². The highest BCUT2D eigenvalue weighted by Gasteiger charge is 2.24. The first-order chi connectivity index (χ1) is 14.5. The van der Waals surface area contributed by atoms with E-state index in [2.05, 4.69) is 10.2 Å². The number of piperazine rings is 1. The number of nitrogens with zero attached hydrogens (tertiary/aromatic N) is 2. The highest BCUT2D eigenvalue weighted by Crippen LogP contribution is 2.30. The van der Waals surface area contributed by atoms with Gasteiger partial charge < -0.3 is 19.5 Å². The van der Waals surface area contributed by atoms with Gasteiger partial charge in [-0.3, -0.25) is 9.59 Å². The Morgan fingerprint density at radius 3 is 2.30 bits per heavy atom. The van der Waals surface area contributed by atoms with Gasteiger partial charge in [0, 0.05) is 42.5 Å². The smallest absolute Gasteiger partial charge is 0.289 e. The summed E-state index contributed by atoms with van der Waals surface area (Å²) in [7, 11) is 0. The minimum atomic E-state index is -0.236.